The molecular weight excluding hydrogens is 186 g/mol. The molecule has 0 spiro atoms. The second-order valence-electron chi connectivity index (χ2n) is 3.94. The Bertz CT molecular complexity index is 323. The van der Waals surface area contributed by atoms with Gasteiger partial charge in [0.1, 0.15) is 5.82 Å². The predicted octanol–water partition coefficient (Wildman–Crippen LogP) is 1.48. The van der Waals surface area contributed by atoms with Gasteiger partial charge < -0.3 is 9.80 Å². The summed E-state index contributed by atoms with van der Waals surface area (Å²) in [6, 6.07) is 4.13. The van der Waals surface area contributed by atoms with Gasteiger partial charge in [-0.05, 0) is 24.7 Å². The molecule has 2 heterocycles. The summed E-state index contributed by atoms with van der Waals surface area (Å²) in [7, 11) is 2.16. The minimum Gasteiger partial charge on any atom is -0.354 e. The highest BCUT2D eigenvalue weighted by Gasteiger charge is 2.14. The van der Waals surface area contributed by atoms with Crippen LogP contribution in [0.5, 0.6) is 0 Å². The number of aromatic nitrogens is 1. The summed E-state index contributed by atoms with van der Waals surface area (Å²) in [6.45, 7) is 8.09. The maximum Gasteiger partial charge on any atom is 0.128 e. The summed E-state index contributed by atoms with van der Waals surface area (Å²) < 4.78 is 0. The molecule has 0 N–H and O–H groups in total. The lowest BCUT2D eigenvalue weighted by molar-refractivity contribution is 0.312. The fourth-order valence-electron chi connectivity index (χ4n) is 1.74. The fraction of sp³-hybridized carbons (Fsp3) is 0.417. The van der Waals surface area contributed by atoms with Crippen LogP contribution in [-0.4, -0.2) is 43.1 Å². The summed E-state index contributed by atoms with van der Waals surface area (Å²) in [6.07, 6.45) is 3.70. The van der Waals surface area contributed by atoms with Gasteiger partial charge in [-0.15, -0.1) is 0 Å². The maximum absolute atomic E-state index is 4.43. The summed E-state index contributed by atoms with van der Waals surface area (Å²) >= 11 is 0. The Kier molecular flexibility index (Phi) is 3.02. The highest BCUT2D eigenvalue weighted by molar-refractivity contribution is 5.49. The van der Waals surface area contributed by atoms with E-state index in [1.807, 2.05) is 12.3 Å². The molecule has 0 saturated carbocycles. The summed E-state index contributed by atoms with van der Waals surface area (Å²) in [5.41, 5.74) is 1.08. The number of pyridine rings is 1. The first-order valence-corrected chi connectivity index (χ1v) is 5.31. The van der Waals surface area contributed by atoms with E-state index in [0.29, 0.717) is 0 Å². The van der Waals surface area contributed by atoms with E-state index in [9.17, 15) is 0 Å². The van der Waals surface area contributed by atoms with Gasteiger partial charge in [0.25, 0.3) is 0 Å². The molecule has 1 aliphatic rings. The third-order valence-electron chi connectivity index (χ3n) is 2.83. The van der Waals surface area contributed by atoms with Crippen molar-refractivity contribution in [1.82, 2.24) is 9.88 Å². The zero-order valence-electron chi connectivity index (χ0n) is 9.19. The van der Waals surface area contributed by atoms with Gasteiger partial charge >= 0.3 is 0 Å². The first kappa shape index (κ1) is 10.2. The molecule has 0 bridgehead atoms. The number of piperazine rings is 1. The van der Waals surface area contributed by atoms with Gasteiger partial charge in [-0.1, -0.05) is 12.7 Å². The highest BCUT2D eigenvalue weighted by atomic mass is 15.3. The lowest BCUT2D eigenvalue weighted by Crippen LogP contribution is -2.44. The molecule has 3 nitrogen and oxygen atoms in total. The van der Waals surface area contributed by atoms with E-state index >= 15 is 0 Å². The predicted molar refractivity (Wildman–Crippen MR) is 64.0 cm³/mol. The third kappa shape index (κ3) is 2.36. The van der Waals surface area contributed by atoms with Crippen molar-refractivity contribution in [3.8, 4) is 0 Å². The van der Waals surface area contributed by atoms with Crippen LogP contribution in [0.1, 0.15) is 5.56 Å². The Hall–Kier alpha value is -1.35. The Labute approximate surface area is 91.0 Å². The molecular formula is C12H17N3. The third-order valence-corrected chi connectivity index (χ3v) is 2.83. The molecule has 1 fully saturated rings. The second-order valence-corrected chi connectivity index (χ2v) is 3.94. The summed E-state index contributed by atoms with van der Waals surface area (Å²) in [5.74, 6) is 1.08. The number of rotatable bonds is 2. The van der Waals surface area contributed by atoms with Crippen LogP contribution < -0.4 is 4.90 Å². The van der Waals surface area contributed by atoms with Gasteiger partial charge in [-0.3, -0.25) is 0 Å². The molecule has 0 unspecified atom stereocenters. The monoisotopic (exact) mass is 203 g/mol. The first-order valence-electron chi connectivity index (χ1n) is 5.31. The minimum atomic E-state index is 1.07. The molecule has 1 saturated heterocycles. The highest BCUT2D eigenvalue weighted by Crippen LogP contribution is 2.13. The zero-order valence-corrected chi connectivity index (χ0v) is 9.19. The van der Waals surface area contributed by atoms with Crippen LogP contribution in [-0.2, 0) is 0 Å². The van der Waals surface area contributed by atoms with Gasteiger partial charge in [0.15, 0.2) is 0 Å². The molecule has 1 aliphatic heterocycles. The summed E-state index contributed by atoms with van der Waals surface area (Å²) in [5, 5.41) is 0. The Balaban J connectivity index is 2.06. The SMILES string of the molecule is C=Cc1ccc(N2CCN(C)CC2)nc1. The molecule has 3 heteroatoms. The molecule has 2 rings (SSSR count). The van der Waals surface area contributed by atoms with Crippen molar-refractivity contribution < 1.29 is 0 Å². The topological polar surface area (TPSA) is 19.4 Å². The second kappa shape index (κ2) is 4.45. The summed E-state index contributed by atoms with van der Waals surface area (Å²) in [4.78, 5) is 9.10. The van der Waals surface area contributed by atoms with E-state index in [2.05, 4.69) is 40.5 Å². The fourth-order valence-corrected chi connectivity index (χ4v) is 1.74. The van der Waals surface area contributed by atoms with Crippen molar-refractivity contribution in [2.45, 2.75) is 0 Å². The quantitative estimate of drug-likeness (QED) is 0.725. The van der Waals surface area contributed by atoms with Gasteiger partial charge in [0.2, 0.25) is 0 Å². The van der Waals surface area contributed by atoms with Gasteiger partial charge in [0.05, 0.1) is 0 Å². The Morgan fingerprint density at radius 3 is 2.53 bits per heavy atom. The van der Waals surface area contributed by atoms with Crippen LogP contribution in [0, 0.1) is 0 Å². The number of hydrogen-bond acceptors (Lipinski definition) is 3. The van der Waals surface area contributed by atoms with Crippen LogP contribution in [0.15, 0.2) is 24.9 Å². The number of nitrogens with zero attached hydrogens (tertiary/aromatic N) is 3. The molecule has 0 atom stereocenters. The normalized spacial score (nSPS) is 17.8. The standard InChI is InChI=1S/C12H17N3/c1-3-11-4-5-12(13-10-11)15-8-6-14(2)7-9-15/h3-5,10H,1,6-9H2,2H3. The van der Waals surface area contributed by atoms with E-state index in [0.717, 1.165) is 37.6 Å². The average molecular weight is 203 g/mol. The van der Waals surface area contributed by atoms with Crippen molar-refractivity contribution in [2.75, 3.05) is 38.1 Å². The van der Waals surface area contributed by atoms with E-state index in [4.69, 9.17) is 0 Å². The maximum atomic E-state index is 4.43. The Morgan fingerprint density at radius 2 is 2.00 bits per heavy atom. The lowest BCUT2D eigenvalue weighted by Gasteiger charge is -2.33. The smallest absolute Gasteiger partial charge is 0.128 e. The van der Waals surface area contributed by atoms with E-state index < -0.39 is 0 Å². The van der Waals surface area contributed by atoms with Crippen LogP contribution in [0.4, 0.5) is 5.82 Å². The van der Waals surface area contributed by atoms with E-state index in [1.54, 1.807) is 0 Å². The van der Waals surface area contributed by atoms with Gasteiger partial charge in [-0.2, -0.15) is 0 Å². The molecule has 0 aromatic carbocycles. The number of anilines is 1. The molecule has 15 heavy (non-hydrogen) atoms. The van der Waals surface area contributed by atoms with Gasteiger partial charge in [0, 0.05) is 32.4 Å². The first-order chi connectivity index (χ1) is 7.29. The molecule has 0 amide bonds. The van der Waals surface area contributed by atoms with Crippen LogP contribution in [0.2, 0.25) is 0 Å². The van der Waals surface area contributed by atoms with Gasteiger partial charge in [-0.25, -0.2) is 4.98 Å². The molecule has 1 aromatic heterocycles. The number of hydrogen-bond donors (Lipinski definition) is 0. The molecule has 0 radical (unpaired) electrons. The van der Waals surface area contributed by atoms with Crippen molar-refractivity contribution in [2.24, 2.45) is 0 Å². The molecule has 80 valence electrons. The van der Waals surface area contributed by atoms with E-state index in [-0.39, 0.29) is 0 Å². The van der Waals surface area contributed by atoms with Crippen LogP contribution in [0.3, 0.4) is 0 Å². The van der Waals surface area contributed by atoms with E-state index in [1.165, 1.54) is 0 Å². The average Bonchev–Trinajstić information content (AvgIpc) is 2.30. The number of likely N-dealkylation sites (N-methyl/N-ethyl adjacent to an activating group) is 1. The van der Waals surface area contributed by atoms with Crippen LogP contribution >= 0.6 is 0 Å². The zero-order chi connectivity index (χ0) is 10.7. The van der Waals surface area contributed by atoms with Crippen molar-refractivity contribution in [3.05, 3.63) is 30.5 Å². The van der Waals surface area contributed by atoms with Crippen molar-refractivity contribution in [1.29, 1.82) is 0 Å². The minimum absolute atomic E-state index is 1.07. The Morgan fingerprint density at radius 1 is 1.27 bits per heavy atom. The molecule has 0 aliphatic carbocycles. The molecule has 1 aromatic rings. The van der Waals surface area contributed by atoms with Crippen molar-refractivity contribution in [3.63, 3.8) is 0 Å². The van der Waals surface area contributed by atoms with Crippen molar-refractivity contribution >= 4 is 11.9 Å². The lowest BCUT2D eigenvalue weighted by atomic mass is 10.2. The largest absolute Gasteiger partial charge is 0.354 e. The van der Waals surface area contributed by atoms with Crippen LogP contribution in [0.25, 0.3) is 6.08 Å².